The van der Waals surface area contributed by atoms with Crippen LogP contribution in [0.3, 0.4) is 0 Å². The topological polar surface area (TPSA) is 85.0 Å². The van der Waals surface area contributed by atoms with Crippen molar-refractivity contribution in [1.82, 2.24) is 4.31 Å². The molecule has 116 valence electrons. The molecule has 0 atom stereocenters. The Morgan fingerprint density at radius 3 is 2.41 bits per heavy atom. The van der Waals surface area contributed by atoms with Gasteiger partial charge in [0.15, 0.2) is 0 Å². The van der Waals surface area contributed by atoms with Gasteiger partial charge in [-0.1, -0.05) is 30.9 Å². The van der Waals surface area contributed by atoms with E-state index in [-0.39, 0.29) is 15.5 Å². The molecule has 0 unspecified atom stereocenters. The number of sulfonamides is 1. The van der Waals surface area contributed by atoms with Crippen molar-refractivity contribution in [3.05, 3.63) is 28.8 Å². The first-order valence-electron chi connectivity index (χ1n) is 6.97. The maximum atomic E-state index is 12.8. The molecule has 0 amide bonds. The minimum absolute atomic E-state index is 0.0175. The van der Waals surface area contributed by atoms with Crippen molar-refractivity contribution in [1.29, 1.82) is 10.5 Å². The number of rotatable bonds is 3. The lowest BCUT2D eigenvalue weighted by Crippen LogP contribution is -2.49. The molecule has 0 bridgehead atoms. The predicted molar refractivity (Wildman–Crippen MR) is 82.5 cm³/mol. The van der Waals surface area contributed by atoms with Crippen molar-refractivity contribution < 1.29 is 8.42 Å². The summed E-state index contributed by atoms with van der Waals surface area (Å²) in [6.07, 6.45) is 3.72. The first-order chi connectivity index (χ1) is 10.4. The van der Waals surface area contributed by atoms with Gasteiger partial charge in [0.2, 0.25) is 10.0 Å². The number of nitriles is 2. The summed E-state index contributed by atoms with van der Waals surface area (Å²) in [4.78, 5) is -0.0175. The molecule has 1 aliphatic carbocycles. The summed E-state index contributed by atoms with van der Waals surface area (Å²) in [6, 6.07) is 8.06. The van der Waals surface area contributed by atoms with Crippen LogP contribution in [-0.2, 0) is 10.0 Å². The molecule has 1 aromatic carbocycles. The predicted octanol–water partition coefficient (Wildman–Crippen LogP) is 3.06. The summed E-state index contributed by atoms with van der Waals surface area (Å²) in [6.45, 7) is 0. The van der Waals surface area contributed by atoms with Gasteiger partial charge in [-0.25, -0.2) is 8.42 Å². The maximum absolute atomic E-state index is 12.8. The first-order valence-corrected chi connectivity index (χ1v) is 8.79. The molecule has 1 aromatic rings. The lowest BCUT2D eigenvalue weighted by atomic mass is 9.83. The standard InChI is InChI=1S/C15H16ClN3O2S/c1-19(15(11-18)7-3-2-4-8-15)22(20,21)13-5-6-14(16)12(9-13)10-17/h5-6,9H,2-4,7-8H2,1H3. The Labute approximate surface area is 135 Å². The van der Waals surface area contributed by atoms with E-state index < -0.39 is 15.6 Å². The molecule has 2 rings (SSSR count). The second kappa shape index (κ2) is 6.26. The van der Waals surface area contributed by atoms with E-state index in [1.807, 2.05) is 6.07 Å². The van der Waals surface area contributed by atoms with Gasteiger partial charge in [-0.05, 0) is 31.0 Å². The highest BCUT2D eigenvalue weighted by Crippen LogP contribution is 2.36. The van der Waals surface area contributed by atoms with Gasteiger partial charge < -0.3 is 0 Å². The van der Waals surface area contributed by atoms with Gasteiger partial charge >= 0.3 is 0 Å². The zero-order valence-electron chi connectivity index (χ0n) is 12.2. The zero-order valence-corrected chi connectivity index (χ0v) is 13.8. The van der Waals surface area contributed by atoms with E-state index in [2.05, 4.69) is 6.07 Å². The summed E-state index contributed by atoms with van der Waals surface area (Å²) in [5, 5.41) is 18.7. The molecular weight excluding hydrogens is 322 g/mol. The van der Waals surface area contributed by atoms with Crippen molar-refractivity contribution in [2.45, 2.75) is 42.5 Å². The van der Waals surface area contributed by atoms with Crippen molar-refractivity contribution in [2.24, 2.45) is 0 Å². The molecule has 1 saturated carbocycles. The maximum Gasteiger partial charge on any atom is 0.244 e. The molecule has 1 aliphatic rings. The molecule has 0 aliphatic heterocycles. The van der Waals surface area contributed by atoms with Crippen LogP contribution in [0, 0.1) is 22.7 Å². The third-order valence-electron chi connectivity index (χ3n) is 4.21. The Morgan fingerprint density at radius 1 is 1.23 bits per heavy atom. The number of halogens is 1. The van der Waals surface area contributed by atoms with E-state index >= 15 is 0 Å². The van der Waals surface area contributed by atoms with Crippen LogP contribution in [-0.4, -0.2) is 25.3 Å². The van der Waals surface area contributed by atoms with Crippen LogP contribution in [0.2, 0.25) is 5.02 Å². The summed E-state index contributed by atoms with van der Waals surface area (Å²) in [7, 11) is -2.42. The number of benzene rings is 1. The fourth-order valence-corrected chi connectivity index (χ4v) is 4.44. The third-order valence-corrected chi connectivity index (χ3v) is 6.46. The fraction of sp³-hybridized carbons (Fsp3) is 0.467. The lowest BCUT2D eigenvalue weighted by molar-refractivity contribution is 0.212. The summed E-state index contributed by atoms with van der Waals surface area (Å²) in [5.41, 5.74) is -0.908. The van der Waals surface area contributed by atoms with Crippen LogP contribution in [0.4, 0.5) is 0 Å². The molecule has 5 nitrogen and oxygen atoms in total. The third kappa shape index (κ3) is 2.83. The average molecular weight is 338 g/mol. The van der Waals surface area contributed by atoms with E-state index in [1.165, 1.54) is 25.2 Å². The number of nitrogens with zero attached hydrogens (tertiary/aromatic N) is 3. The molecule has 0 heterocycles. The SMILES string of the molecule is CN(C1(C#N)CCCCC1)S(=O)(=O)c1ccc(Cl)c(C#N)c1. The number of hydrogen-bond acceptors (Lipinski definition) is 4. The molecule has 0 saturated heterocycles. The van der Waals surface area contributed by atoms with Gasteiger partial charge in [-0.2, -0.15) is 14.8 Å². The molecule has 0 aromatic heterocycles. The largest absolute Gasteiger partial charge is 0.244 e. The van der Waals surface area contributed by atoms with E-state index in [1.54, 1.807) is 0 Å². The summed E-state index contributed by atoms with van der Waals surface area (Å²) < 4.78 is 26.8. The van der Waals surface area contributed by atoms with E-state index in [9.17, 15) is 13.7 Å². The van der Waals surface area contributed by atoms with Crippen LogP contribution in [0.25, 0.3) is 0 Å². The van der Waals surface area contributed by atoms with Crippen molar-refractivity contribution in [3.63, 3.8) is 0 Å². The summed E-state index contributed by atoms with van der Waals surface area (Å²) >= 11 is 5.85. The highest BCUT2D eigenvalue weighted by atomic mass is 35.5. The Morgan fingerprint density at radius 2 is 1.86 bits per heavy atom. The minimum atomic E-state index is -3.86. The first kappa shape index (κ1) is 16.8. The van der Waals surface area contributed by atoms with Crippen molar-refractivity contribution in [3.8, 4) is 12.1 Å². The van der Waals surface area contributed by atoms with Crippen LogP contribution >= 0.6 is 11.6 Å². The Kier molecular flexibility index (Phi) is 4.77. The molecule has 7 heteroatoms. The normalized spacial score (nSPS) is 17.7. The van der Waals surface area contributed by atoms with Gasteiger partial charge in [0.25, 0.3) is 0 Å². The van der Waals surface area contributed by atoms with Gasteiger partial charge in [0, 0.05) is 7.05 Å². The molecule has 22 heavy (non-hydrogen) atoms. The van der Waals surface area contributed by atoms with Crippen LogP contribution in [0.15, 0.2) is 23.1 Å². The summed E-state index contributed by atoms with van der Waals surface area (Å²) in [5.74, 6) is 0. The minimum Gasteiger partial charge on any atom is -0.207 e. The van der Waals surface area contributed by atoms with Crippen LogP contribution in [0.1, 0.15) is 37.7 Å². The molecular formula is C15H16ClN3O2S. The average Bonchev–Trinajstić information content (AvgIpc) is 2.55. The Balaban J connectivity index is 2.46. The quantitative estimate of drug-likeness (QED) is 0.848. The van der Waals surface area contributed by atoms with Crippen molar-refractivity contribution in [2.75, 3.05) is 7.05 Å². The Bertz CT molecular complexity index is 756. The monoisotopic (exact) mass is 337 g/mol. The Hall–Kier alpha value is -1.60. The lowest BCUT2D eigenvalue weighted by Gasteiger charge is -2.38. The van der Waals surface area contributed by atoms with E-state index in [0.29, 0.717) is 12.8 Å². The highest BCUT2D eigenvalue weighted by Gasteiger charge is 2.42. The van der Waals surface area contributed by atoms with Gasteiger partial charge in [0.05, 0.1) is 21.6 Å². The fourth-order valence-electron chi connectivity index (χ4n) is 2.77. The van der Waals surface area contributed by atoms with E-state index in [0.717, 1.165) is 23.6 Å². The molecule has 0 spiro atoms. The highest BCUT2D eigenvalue weighted by molar-refractivity contribution is 7.89. The second-order valence-corrected chi connectivity index (χ2v) is 7.81. The van der Waals surface area contributed by atoms with Crippen molar-refractivity contribution >= 4 is 21.6 Å². The molecule has 0 radical (unpaired) electrons. The van der Waals surface area contributed by atoms with Crippen LogP contribution in [0.5, 0.6) is 0 Å². The van der Waals surface area contributed by atoms with Crippen LogP contribution < -0.4 is 0 Å². The molecule has 1 fully saturated rings. The smallest absolute Gasteiger partial charge is 0.207 e. The van der Waals surface area contributed by atoms with Gasteiger partial charge in [0.1, 0.15) is 11.6 Å². The second-order valence-electron chi connectivity index (χ2n) is 5.43. The van der Waals surface area contributed by atoms with Gasteiger partial charge in [-0.3, -0.25) is 0 Å². The van der Waals surface area contributed by atoms with E-state index in [4.69, 9.17) is 16.9 Å². The molecule has 0 N–H and O–H groups in total. The zero-order chi connectivity index (χ0) is 16.4. The van der Waals surface area contributed by atoms with Gasteiger partial charge in [-0.15, -0.1) is 0 Å². The number of hydrogen-bond donors (Lipinski definition) is 0.